The highest BCUT2D eigenvalue weighted by molar-refractivity contribution is 7.91. The molecule has 12 nitrogen and oxygen atoms in total. The van der Waals surface area contributed by atoms with Gasteiger partial charge in [-0.25, -0.2) is 23.2 Å². The Labute approximate surface area is 227 Å². The van der Waals surface area contributed by atoms with Crippen molar-refractivity contribution >= 4 is 33.7 Å². The Morgan fingerprint density at radius 1 is 1.15 bits per heavy atom. The lowest BCUT2D eigenvalue weighted by molar-refractivity contribution is -0.117. The van der Waals surface area contributed by atoms with Crippen molar-refractivity contribution in [3.63, 3.8) is 0 Å². The summed E-state index contributed by atoms with van der Waals surface area (Å²) >= 11 is 0. The van der Waals surface area contributed by atoms with E-state index in [0.717, 1.165) is 12.1 Å². The zero-order valence-corrected chi connectivity index (χ0v) is 23.2. The molecule has 1 fully saturated rings. The minimum atomic E-state index is -3.87. The van der Waals surface area contributed by atoms with E-state index in [1.165, 1.54) is 15.8 Å². The first-order valence-electron chi connectivity index (χ1n) is 12.6. The van der Waals surface area contributed by atoms with Crippen LogP contribution in [0.1, 0.15) is 50.6 Å². The number of carbonyl (C=O) groups excluding carboxylic acids is 2. The van der Waals surface area contributed by atoms with Gasteiger partial charge in [-0.3, -0.25) is 19.1 Å². The molecular weight excluding hydrogens is 522 g/mol. The largest absolute Gasteiger partial charge is 0.444 e. The highest BCUT2D eigenvalue weighted by Gasteiger charge is 2.33. The van der Waals surface area contributed by atoms with Gasteiger partial charge in [0.15, 0.2) is 0 Å². The van der Waals surface area contributed by atoms with Crippen LogP contribution in [0, 0.1) is 0 Å². The van der Waals surface area contributed by atoms with Gasteiger partial charge in [-0.15, -0.1) is 0 Å². The molecule has 1 aromatic carbocycles. The van der Waals surface area contributed by atoms with E-state index < -0.39 is 21.7 Å². The molecule has 3 aromatic rings. The summed E-state index contributed by atoms with van der Waals surface area (Å²) in [7, 11) is -2.21. The van der Waals surface area contributed by atoms with Gasteiger partial charge in [0.05, 0.1) is 30.2 Å². The fraction of sp³-hybridized carbons (Fsp3) is 0.423. The molecule has 0 saturated carbocycles. The normalized spacial score (nSPS) is 15.5. The molecule has 0 atom stereocenters. The van der Waals surface area contributed by atoms with Crippen LogP contribution in [0.2, 0.25) is 0 Å². The van der Waals surface area contributed by atoms with Crippen LogP contribution in [-0.4, -0.2) is 57.2 Å². The van der Waals surface area contributed by atoms with E-state index in [2.05, 4.69) is 19.8 Å². The van der Waals surface area contributed by atoms with E-state index in [0.29, 0.717) is 41.2 Å². The van der Waals surface area contributed by atoms with Crippen LogP contribution < -0.4 is 9.62 Å². The number of fused-ring (bicyclic) bond motifs is 1. The molecule has 2 aliphatic rings. The molecular formula is C26H31N7O5S. The second kappa shape index (κ2) is 9.95. The van der Waals surface area contributed by atoms with Crippen molar-refractivity contribution in [2.75, 3.05) is 16.2 Å². The number of carbonyl (C=O) groups is 2. The topological polar surface area (TPSA) is 140 Å². The number of hydrogen-bond acceptors (Lipinski definition) is 8. The van der Waals surface area contributed by atoms with Gasteiger partial charge < -0.3 is 9.64 Å². The van der Waals surface area contributed by atoms with Crippen molar-refractivity contribution < 1.29 is 22.7 Å². The van der Waals surface area contributed by atoms with Gasteiger partial charge in [0.2, 0.25) is 21.9 Å². The molecule has 0 aliphatic carbocycles. The Morgan fingerprint density at radius 3 is 2.62 bits per heavy atom. The quantitative estimate of drug-likeness (QED) is 0.491. The number of benzene rings is 1. The molecule has 0 unspecified atom stereocenters. The van der Waals surface area contributed by atoms with Crippen molar-refractivity contribution in [3.05, 3.63) is 53.5 Å². The Balaban J connectivity index is 1.52. The number of nitrogens with one attached hydrogen (secondary N) is 1. The van der Waals surface area contributed by atoms with Crippen molar-refractivity contribution in [3.8, 4) is 11.3 Å². The number of aryl methyl sites for hydroxylation is 1. The maximum atomic E-state index is 13.0. The first-order valence-corrected chi connectivity index (χ1v) is 14.3. The fourth-order valence-corrected chi connectivity index (χ4v) is 5.76. The number of rotatable bonds is 6. The third-order valence-electron chi connectivity index (χ3n) is 6.45. The molecule has 1 saturated heterocycles. The summed E-state index contributed by atoms with van der Waals surface area (Å²) in [4.78, 5) is 37.5. The van der Waals surface area contributed by atoms with E-state index in [1.54, 1.807) is 38.8 Å². The van der Waals surface area contributed by atoms with E-state index >= 15 is 0 Å². The molecule has 5 rings (SSSR count). The van der Waals surface area contributed by atoms with Gasteiger partial charge in [-0.05, 0) is 45.4 Å². The molecule has 206 valence electrons. The number of anilines is 2. The van der Waals surface area contributed by atoms with Crippen LogP contribution in [-0.2, 0) is 45.4 Å². The summed E-state index contributed by atoms with van der Waals surface area (Å²) in [5.41, 5.74) is 2.95. The Kier molecular flexibility index (Phi) is 6.79. The summed E-state index contributed by atoms with van der Waals surface area (Å²) in [5, 5.41) is 4.02. The maximum Gasteiger partial charge on any atom is 0.410 e. The monoisotopic (exact) mass is 553 g/mol. The van der Waals surface area contributed by atoms with Gasteiger partial charge in [0.1, 0.15) is 11.4 Å². The van der Waals surface area contributed by atoms with Crippen molar-refractivity contribution in [1.29, 1.82) is 0 Å². The number of ether oxygens (including phenoxy) is 1. The Bertz CT molecular complexity index is 1540. The minimum absolute atomic E-state index is 0.0554. The van der Waals surface area contributed by atoms with Gasteiger partial charge >= 0.3 is 6.09 Å². The molecule has 4 heterocycles. The molecule has 2 aliphatic heterocycles. The molecule has 2 aromatic heterocycles. The molecule has 1 N–H and O–H groups in total. The lowest BCUT2D eigenvalue weighted by atomic mass is 10.0. The Hall–Kier alpha value is -4.00. The standard InChI is InChI=1S/C26H31N7O5S/c1-26(2,3)38-25(35)32-14-20-21(15-32)28-24(30-39(36,37)16-19-10-11-27-31(19)4)29-23(20)17-7-5-8-18(13-17)33-12-6-9-22(33)34/h5,7-8,10-11,13H,6,9,12,14-16H2,1-4H3,(H,28,29,30). The molecule has 0 bridgehead atoms. The predicted molar refractivity (Wildman–Crippen MR) is 144 cm³/mol. The lowest BCUT2D eigenvalue weighted by Gasteiger charge is -2.24. The number of amides is 2. The Morgan fingerprint density at radius 2 is 1.95 bits per heavy atom. The SMILES string of the molecule is Cn1nccc1CS(=O)(=O)Nc1nc2c(c(-c3cccc(N4CCCC4=O)c3)n1)CN(C(=O)OC(C)(C)C)C2. The average molecular weight is 554 g/mol. The molecule has 13 heteroatoms. The smallest absolute Gasteiger partial charge is 0.410 e. The molecule has 2 amide bonds. The highest BCUT2D eigenvalue weighted by Crippen LogP contribution is 2.34. The first-order chi connectivity index (χ1) is 18.4. The minimum Gasteiger partial charge on any atom is -0.444 e. The van der Waals surface area contributed by atoms with Crippen molar-refractivity contribution in [2.24, 2.45) is 7.05 Å². The van der Waals surface area contributed by atoms with Crippen LogP contribution >= 0.6 is 0 Å². The van der Waals surface area contributed by atoms with Crippen LogP contribution in [0.5, 0.6) is 0 Å². The summed E-state index contributed by atoms with van der Waals surface area (Å²) in [5.74, 6) is -0.352. The summed E-state index contributed by atoms with van der Waals surface area (Å²) in [6.07, 6.45) is 2.32. The molecule has 0 spiro atoms. The van der Waals surface area contributed by atoms with E-state index in [-0.39, 0.29) is 30.7 Å². The van der Waals surface area contributed by atoms with Crippen LogP contribution in [0.25, 0.3) is 11.3 Å². The second-order valence-corrected chi connectivity index (χ2v) is 12.4. The van der Waals surface area contributed by atoms with Crippen LogP contribution in [0.15, 0.2) is 36.5 Å². The second-order valence-electron chi connectivity index (χ2n) is 10.7. The van der Waals surface area contributed by atoms with Crippen molar-refractivity contribution in [1.82, 2.24) is 24.6 Å². The number of aromatic nitrogens is 4. The predicted octanol–water partition coefficient (Wildman–Crippen LogP) is 3.20. The third kappa shape index (κ3) is 5.87. The maximum absolute atomic E-state index is 13.0. The average Bonchev–Trinajstić information content (AvgIpc) is 3.57. The first kappa shape index (κ1) is 26.6. The van der Waals surface area contributed by atoms with Crippen LogP contribution in [0.4, 0.5) is 16.4 Å². The van der Waals surface area contributed by atoms with E-state index in [1.807, 2.05) is 24.3 Å². The summed E-state index contributed by atoms with van der Waals surface area (Å²) < 4.78 is 35.5. The van der Waals surface area contributed by atoms with E-state index in [4.69, 9.17) is 4.74 Å². The van der Waals surface area contributed by atoms with Gasteiger partial charge in [0.25, 0.3) is 0 Å². The zero-order chi connectivity index (χ0) is 27.9. The van der Waals surface area contributed by atoms with Gasteiger partial charge in [-0.2, -0.15) is 5.10 Å². The molecule has 0 radical (unpaired) electrons. The highest BCUT2D eigenvalue weighted by atomic mass is 32.2. The van der Waals surface area contributed by atoms with Gasteiger partial charge in [-0.1, -0.05) is 12.1 Å². The number of hydrogen-bond donors (Lipinski definition) is 1. The fourth-order valence-electron chi connectivity index (χ4n) is 4.65. The van der Waals surface area contributed by atoms with Crippen molar-refractivity contribution in [2.45, 2.75) is 58.1 Å². The van der Waals surface area contributed by atoms with E-state index in [9.17, 15) is 18.0 Å². The number of sulfonamides is 1. The zero-order valence-electron chi connectivity index (χ0n) is 22.3. The summed E-state index contributed by atoms with van der Waals surface area (Å²) in [6, 6.07) is 9.01. The third-order valence-corrected chi connectivity index (χ3v) is 7.62. The molecule has 39 heavy (non-hydrogen) atoms. The lowest BCUT2D eigenvalue weighted by Crippen LogP contribution is -2.33. The van der Waals surface area contributed by atoms with Crippen LogP contribution in [0.3, 0.4) is 0 Å². The number of nitrogens with zero attached hydrogens (tertiary/aromatic N) is 6. The summed E-state index contributed by atoms with van der Waals surface area (Å²) in [6.45, 7) is 6.35. The van der Waals surface area contributed by atoms with Gasteiger partial charge in [0, 0.05) is 43.0 Å².